The number of hydrogen-bond donors (Lipinski definition) is 0. The molecule has 2 heteroatoms. The molecular weight excluding hydrogens is 228 g/mol. The number of carbonyl (C=O) groups is 1. The fourth-order valence-electron chi connectivity index (χ4n) is 2.07. The summed E-state index contributed by atoms with van der Waals surface area (Å²) in [5.74, 6) is 0.289. The molecule has 1 aromatic carbocycles. The molecule has 0 bridgehead atoms. The predicted octanol–water partition coefficient (Wildman–Crippen LogP) is 3.72. The van der Waals surface area contributed by atoms with Crippen molar-refractivity contribution in [2.75, 3.05) is 0 Å². The van der Waals surface area contributed by atoms with Crippen molar-refractivity contribution >= 4 is 17.1 Å². The normalized spacial score (nSPS) is 10.5. The van der Waals surface area contributed by atoms with Gasteiger partial charge in [0.1, 0.15) is 5.78 Å². The van der Waals surface area contributed by atoms with Gasteiger partial charge in [-0.3, -0.25) is 4.79 Å². The van der Waals surface area contributed by atoms with Gasteiger partial charge in [0.05, 0.1) is 0 Å². The van der Waals surface area contributed by atoms with Crippen LogP contribution in [0.4, 0.5) is 0 Å². The van der Waals surface area contributed by atoms with E-state index in [1.807, 2.05) is 17.5 Å². The fourth-order valence-corrected chi connectivity index (χ4v) is 2.80. The third kappa shape index (κ3) is 3.53. The van der Waals surface area contributed by atoms with Gasteiger partial charge in [0, 0.05) is 17.7 Å². The second-order valence-electron chi connectivity index (χ2n) is 4.47. The highest BCUT2D eigenvalue weighted by Crippen LogP contribution is 2.13. The van der Waals surface area contributed by atoms with Crippen LogP contribution in [0, 0.1) is 13.8 Å². The molecule has 1 heterocycles. The summed E-state index contributed by atoms with van der Waals surface area (Å²) < 4.78 is 0. The summed E-state index contributed by atoms with van der Waals surface area (Å²) in [6, 6.07) is 10.3. The van der Waals surface area contributed by atoms with E-state index in [0.717, 1.165) is 10.4 Å². The number of aryl methyl sites for hydroxylation is 2. The minimum Gasteiger partial charge on any atom is -0.299 e. The molecule has 17 heavy (non-hydrogen) atoms. The minimum absolute atomic E-state index is 0.289. The van der Waals surface area contributed by atoms with E-state index in [1.54, 1.807) is 11.3 Å². The van der Waals surface area contributed by atoms with E-state index in [9.17, 15) is 4.79 Å². The van der Waals surface area contributed by atoms with Crippen molar-refractivity contribution in [1.82, 2.24) is 0 Å². The van der Waals surface area contributed by atoms with Gasteiger partial charge in [0.25, 0.3) is 0 Å². The molecule has 0 fully saturated rings. The van der Waals surface area contributed by atoms with Crippen molar-refractivity contribution in [3.63, 3.8) is 0 Å². The molecule has 0 saturated carbocycles. The van der Waals surface area contributed by atoms with Gasteiger partial charge < -0.3 is 0 Å². The average Bonchev–Trinajstić information content (AvgIpc) is 2.67. The van der Waals surface area contributed by atoms with Crippen LogP contribution in [0.1, 0.15) is 21.6 Å². The van der Waals surface area contributed by atoms with E-state index in [-0.39, 0.29) is 5.78 Å². The quantitative estimate of drug-likeness (QED) is 0.801. The van der Waals surface area contributed by atoms with E-state index in [4.69, 9.17) is 0 Å². The van der Waals surface area contributed by atoms with Gasteiger partial charge in [-0.1, -0.05) is 35.4 Å². The highest BCUT2D eigenvalue weighted by Gasteiger charge is 2.06. The monoisotopic (exact) mass is 244 g/mol. The third-order valence-corrected chi connectivity index (χ3v) is 3.51. The molecule has 0 aliphatic rings. The number of thiophene rings is 1. The molecule has 88 valence electrons. The van der Waals surface area contributed by atoms with Crippen LogP contribution < -0.4 is 0 Å². The molecular formula is C15H16OS. The van der Waals surface area contributed by atoms with Crippen LogP contribution in [0.5, 0.6) is 0 Å². The summed E-state index contributed by atoms with van der Waals surface area (Å²) in [5.41, 5.74) is 3.58. The fraction of sp³-hybridized carbons (Fsp3) is 0.267. The SMILES string of the molecule is Cc1cc(C)cc(CC(=O)Cc2cccs2)c1. The Morgan fingerprint density at radius 3 is 2.41 bits per heavy atom. The van der Waals surface area contributed by atoms with Gasteiger partial charge in [0.15, 0.2) is 0 Å². The van der Waals surface area contributed by atoms with E-state index < -0.39 is 0 Å². The van der Waals surface area contributed by atoms with Crippen molar-refractivity contribution in [2.24, 2.45) is 0 Å². The molecule has 0 atom stereocenters. The lowest BCUT2D eigenvalue weighted by Gasteiger charge is -2.04. The maximum absolute atomic E-state index is 11.9. The van der Waals surface area contributed by atoms with Gasteiger partial charge in [-0.15, -0.1) is 11.3 Å². The average molecular weight is 244 g/mol. The largest absolute Gasteiger partial charge is 0.299 e. The second-order valence-corrected chi connectivity index (χ2v) is 5.50. The lowest BCUT2D eigenvalue weighted by molar-refractivity contribution is -0.117. The number of benzene rings is 1. The number of hydrogen-bond acceptors (Lipinski definition) is 2. The van der Waals surface area contributed by atoms with Crippen LogP contribution in [-0.4, -0.2) is 5.78 Å². The zero-order valence-electron chi connectivity index (χ0n) is 10.2. The lowest BCUT2D eigenvalue weighted by atomic mass is 10.0. The Morgan fingerprint density at radius 2 is 1.82 bits per heavy atom. The summed E-state index contributed by atoms with van der Waals surface area (Å²) in [6.45, 7) is 4.14. The van der Waals surface area contributed by atoms with E-state index in [1.165, 1.54) is 11.1 Å². The van der Waals surface area contributed by atoms with E-state index >= 15 is 0 Å². The van der Waals surface area contributed by atoms with Crippen LogP contribution in [0.2, 0.25) is 0 Å². The van der Waals surface area contributed by atoms with Gasteiger partial charge >= 0.3 is 0 Å². The van der Waals surface area contributed by atoms with Crippen LogP contribution in [0.15, 0.2) is 35.7 Å². The Labute approximate surface area is 106 Å². The van der Waals surface area contributed by atoms with Gasteiger partial charge in [-0.2, -0.15) is 0 Å². The highest BCUT2D eigenvalue weighted by molar-refractivity contribution is 7.10. The number of Topliss-reactive ketones (excluding diaryl/α,β-unsaturated/α-hetero) is 1. The van der Waals surface area contributed by atoms with E-state index in [0.29, 0.717) is 12.8 Å². The molecule has 1 aromatic heterocycles. The predicted molar refractivity (Wildman–Crippen MR) is 72.7 cm³/mol. The Kier molecular flexibility index (Phi) is 3.75. The van der Waals surface area contributed by atoms with Crippen LogP contribution >= 0.6 is 11.3 Å². The molecule has 0 radical (unpaired) electrons. The summed E-state index contributed by atoms with van der Waals surface area (Å²) in [7, 11) is 0. The van der Waals surface area contributed by atoms with Gasteiger partial charge in [-0.25, -0.2) is 0 Å². The lowest BCUT2D eigenvalue weighted by Crippen LogP contribution is -2.05. The van der Waals surface area contributed by atoms with Crippen LogP contribution in [-0.2, 0) is 17.6 Å². The van der Waals surface area contributed by atoms with Crippen LogP contribution in [0.25, 0.3) is 0 Å². The number of rotatable bonds is 4. The number of carbonyl (C=O) groups excluding carboxylic acids is 1. The molecule has 1 nitrogen and oxygen atoms in total. The standard InChI is InChI=1S/C15H16OS/c1-11-6-12(2)8-13(7-11)9-14(16)10-15-4-3-5-17-15/h3-8H,9-10H2,1-2H3. The third-order valence-electron chi connectivity index (χ3n) is 2.63. The molecule has 0 aliphatic carbocycles. The Hall–Kier alpha value is -1.41. The molecule has 0 saturated heterocycles. The van der Waals surface area contributed by atoms with Crippen molar-refractivity contribution in [3.05, 3.63) is 57.3 Å². The molecule has 2 rings (SSSR count). The molecule has 2 aromatic rings. The van der Waals surface area contributed by atoms with Crippen LogP contribution in [0.3, 0.4) is 0 Å². The Bertz CT molecular complexity index is 491. The molecule has 0 spiro atoms. The first-order valence-electron chi connectivity index (χ1n) is 5.75. The second kappa shape index (κ2) is 5.28. The summed E-state index contributed by atoms with van der Waals surface area (Å²) >= 11 is 1.65. The molecule has 0 N–H and O–H groups in total. The van der Waals surface area contributed by atoms with Gasteiger partial charge in [0.2, 0.25) is 0 Å². The summed E-state index contributed by atoms with van der Waals surface area (Å²) in [4.78, 5) is 13.1. The van der Waals surface area contributed by atoms with E-state index in [2.05, 4.69) is 32.0 Å². The van der Waals surface area contributed by atoms with Crippen molar-refractivity contribution in [1.29, 1.82) is 0 Å². The van der Waals surface area contributed by atoms with Gasteiger partial charge in [-0.05, 0) is 30.9 Å². The molecule has 0 aliphatic heterocycles. The number of ketones is 1. The van der Waals surface area contributed by atoms with Crippen molar-refractivity contribution in [3.8, 4) is 0 Å². The minimum atomic E-state index is 0.289. The summed E-state index contributed by atoms with van der Waals surface area (Å²) in [5, 5.41) is 2.01. The smallest absolute Gasteiger partial charge is 0.142 e. The summed E-state index contributed by atoms with van der Waals surface area (Å²) in [6.07, 6.45) is 1.10. The zero-order chi connectivity index (χ0) is 12.3. The molecule has 0 unspecified atom stereocenters. The first-order valence-corrected chi connectivity index (χ1v) is 6.63. The van der Waals surface area contributed by atoms with Crippen molar-refractivity contribution < 1.29 is 4.79 Å². The first-order chi connectivity index (χ1) is 8.13. The maximum Gasteiger partial charge on any atom is 0.142 e. The molecule has 0 amide bonds. The first kappa shape index (κ1) is 12.1. The maximum atomic E-state index is 11.9. The topological polar surface area (TPSA) is 17.1 Å². The zero-order valence-corrected chi connectivity index (χ0v) is 11.0. The van der Waals surface area contributed by atoms with Crippen molar-refractivity contribution in [2.45, 2.75) is 26.7 Å². The highest BCUT2D eigenvalue weighted by atomic mass is 32.1. The Balaban J connectivity index is 2.03. The Morgan fingerprint density at radius 1 is 1.12 bits per heavy atom.